The Hall–Kier alpha value is -0.457. The van der Waals surface area contributed by atoms with Crippen LogP contribution in [0.2, 0.25) is 0 Å². The summed E-state index contributed by atoms with van der Waals surface area (Å²) in [4.78, 5) is 0. The Morgan fingerprint density at radius 1 is 1.00 bits per heavy atom. The second-order valence-electron chi connectivity index (χ2n) is 4.00. The summed E-state index contributed by atoms with van der Waals surface area (Å²) in [6.07, 6.45) is 16.2. The number of allylic oxidation sites excluding steroid dienone is 8. The number of hydrogen-bond donors (Lipinski definition) is 0. The van der Waals surface area contributed by atoms with Gasteiger partial charge in [0, 0.05) is 0 Å². The Morgan fingerprint density at radius 3 is 2.12 bits per heavy atom. The van der Waals surface area contributed by atoms with Gasteiger partial charge in [-0.3, -0.25) is 0 Å². The number of rotatable bonds is 3. The van der Waals surface area contributed by atoms with Gasteiger partial charge in [-0.25, -0.2) is 0 Å². The Kier molecular flexibility index (Phi) is 3.21. The van der Waals surface area contributed by atoms with Crippen molar-refractivity contribution in [1.82, 2.24) is 0 Å². The zero-order valence-electron chi connectivity index (χ0n) is 9.02. The van der Waals surface area contributed by atoms with Crippen LogP contribution in [-0.2, 0) is 21.8 Å². The monoisotopic (exact) mass is 303 g/mol. The van der Waals surface area contributed by atoms with Gasteiger partial charge in [0.05, 0.1) is 0 Å². The van der Waals surface area contributed by atoms with Crippen LogP contribution in [0.25, 0.3) is 0 Å². The Bertz CT molecular complexity index is 459. The van der Waals surface area contributed by atoms with Gasteiger partial charge in [0.15, 0.2) is 0 Å². The molecule has 0 nitrogen and oxygen atoms in total. The predicted octanol–water partition coefficient (Wildman–Crippen LogP) is 3.68. The maximum atomic E-state index is 2.37. The average molecular weight is 305 g/mol. The van der Waals surface area contributed by atoms with Crippen LogP contribution < -0.4 is 2.59 Å². The molecule has 2 aliphatic carbocycles. The minimum atomic E-state index is -1.68. The first-order valence-electron chi connectivity index (χ1n) is 5.58. The van der Waals surface area contributed by atoms with E-state index in [4.69, 9.17) is 0 Å². The van der Waals surface area contributed by atoms with Gasteiger partial charge in [0.2, 0.25) is 0 Å². The first-order chi connectivity index (χ1) is 7.95. The molecule has 0 atom stereocenters. The van der Waals surface area contributed by atoms with Crippen LogP contribution in [0.15, 0.2) is 60.5 Å². The Labute approximate surface area is 108 Å². The molecule has 3 rings (SSSR count). The van der Waals surface area contributed by atoms with Gasteiger partial charge in [0.25, 0.3) is 0 Å². The van der Waals surface area contributed by atoms with E-state index in [1.807, 2.05) is 11.3 Å². The van der Waals surface area contributed by atoms with Crippen LogP contribution in [0.3, 0.4) is 0 Å². The van der Waals surface area contributed by atoms with E-state index in [-0.39, 0.29) is 0 Å². The van der Waals surface area contributed by atoms with Crippen molar-refractivity contribution in [3.8, 4) is 0 Å². The fourth-order valence-corrected chi connectivity index (χ4v) is 11.8. The summed E-state index contributed by atoms with van der Waals surface area (Å²) in [5, 5.41) is 2.22. The van der Waals surface area contributed by atoms with E-state index in [9.17, 15) is 0 Å². The molecule has 0 N–H and O–H groups in total. The zero-order valence-corrected chi connectivity index (χ0v) is 12.3. The van der Waals surface area contributed by atoms with Crippen LogP contribution >= 0.6 is 11.3 Å². The van der Waals surface area contributed by atoms with E-state index in [2.05, 4.69) is 54.0 Å². The zero-order chi connectivity index (χ0) is 10.8. The fraction of sp³-hybridized carbons (Fsp3) is 0.143. The van der Waals surface area contributed by atoms with Crippen molar-refractivity contribution in [1.29, 1.82) is 0 Å². The van der Waals surface area contributed by atoms with Crippen LogP contribution in [0.1, 0.15) is 12.8 Å². The molecule has 0 bridgehead atoms. The summed E-state index contributed by atoms with van der Waals surface area (Å²) in [6.45, 7) is 0. The average Bonchev–Trinajstić information content (AvgIpc) is 3.02. The van der Waals surface area contributed by atoms with Gasteiger partial charge in [-0.05, 0) is 0 Å². The van der Waals surface area contributed by atoms with Crippen LogP contribution in [0, 0.1) is 0 Å². The van der Waals surface area contributed by atoms with E-state index in [1.54, 1.807) is 9.15 Å². The SMILES string of the molecule is C1=CC[C]([Zr]([C]2=CC=CC2)[c]2cccs2)=C1. The summed E-state index contributed by atoms with van der Waals surface area (Å²) < 4.78 is 5.15. The van der Waals surface area contributed by atoms with Crippen LogP contribution in [0.4, 0.5) is 0 Å². The third kappa shape index (κ3) is 2.01. The van der Waals surface area contributed by atoms with E-state index < -0.39 is 21.8 Å². The summed E-state index contributed by atoms with van der Waals surface area (Å²) in [7, 11) is 0. The molecule has 0 unspecified atom stereocenters. The molecular formula is C14H13SZr. The molecule has 16 heavy (non-hydrogen) atoms. The van der Waals surface area contributed by atoms with Crippen LogP contribution in [0.5, 0.6) is 0 Å². The third-order valence-corrected chi connectivity index (χ3v) is 12.3. The molecule has 2 heteroatoms. The molecule has 0 saturated carbocycles. The van der Waals surface area contributed by atoms with Crippen molar-refractivity contribution in [2.45, 2.75) is 12.8 Å². The minimum absolute atomic E-state index is 1.20. The molecule has 2 aliphatic rings. The Morgan fingerprint density at radius 2 is 1.69 bits per heavy atom. The topological polar surface area (TPSA) is 0 Å². The van der Waals surface area contributed by atoms with E-state index in [0.717, 1.165) is 0 Å². The molecule has 0 radical (unpaired) electrons. The van der Waals surface area contributed by atoms with Crippen molar-refractivity contribution in [3.05, 3.63) is 60.5 Å². The van der Waals surface area contributed by atoms with Gasteiger partial charge in [-0.1, -0.05) is 0 Å². The van der Waals surface area contributed by atoms with Gasteiger partial charge in [0.1, 0.15) is 0 Å². The van der Waals surface area contributed by atoms with Gasteiger partial charge < -0.3 is 0 Å². The van der Waals surface area contributed by atoms with Gasteiger partial charge in [-0.2, -0.15) is 0 Å². The standard InChI is InChI=1S/2C5H5.C4H3S.Zr/c3*1-2-4-5-3-1;/h2*1-3H,4H2;1-3H;. The normalized spacial score (nSPS) is 17.8. The van der Waals surface area contributed by atoms with Gasteiger partial charge >= 0.3 is 109 Å². The molecule has 79 valence electrons. The predicted molar refractivity (Wildman–Crippen MR) is 67.6 cm³/mol. The third-order valence-electron chi connectivity index (χ3n) is 2.95. The van der Waals surface area contributed by atoms with Crippen molar-refractivity contribution >= 4 is 13.9 Å². The second kappa shape index (κ2) is 4.81. The Balaban J connectivity index is 1.95. The second-order valence-corrected chi connectivity index (χ2v) is 12.2. The summed E-state index contributed by atoms with van der Waals surface area (Å²) in [6, 6.07) is 4.55. The molecular weight excluding hydrogens is 291 g/mol. The van der Waals surface area contributed by atoms with Crippen molar-refractivity contribution in [2.75, 3.05) is 0 Å². The summed E-state index contributed by atoms with van der Waals surface area (Å²) in [5.74, 6) is 0. The molecule has 0 aromatic carbocycles. The molecule has 0 spiro atoms. The van der Waals surface area contributed by atoms with Crippen molar-refractivity contribution < 1.29 is 21.8 Å². The van der Waals surface area contributed by atoms with E-state index >= 15 is 0 Å². The molecule has 1 heterocycles. The molecule has 1 aromatic rings. The molecule has 0 fully saturated rings. The first-order valence-corrected chi connectivity index (χ1v) is 10.1. The van der Waals surface area contributed by atoms with Crippen molar-refractivity contribution in [3.63, 3.8) is 0 Å². The van der Waals surface area contributed by atoms with Crippen LogP contribution in [-0.4, -0.2) is 0 Å². The fourth-order valence-electron chi connectivity index (χ4n) is 2.21. The van der Waals surface area contributed by atoms with Crippen molar-refractivity contribution in [2.24, 2.45) is 0 Å². The maximum absolute atomic E-state index is 2.37. The molecule has 0 saturated heterocycles. The van der Waals surface area contributed by atoms with E-state index in [0.29, 0.717) is 0 Å². The number of hydrogen-bond acceptors (Lipinski definition) is 1. The molecule has 0 aliphatic heterocycles. The quantitative estimate of drug-likeness (QED) is 0.799. The van der Waals surface area contributed by atoms with E-state index in [1.165, 1.54) is 12.8 Å². The van der Waals surface area contributed by atoms with Gasteiger partial charge in [-0.15, -0.1) is 0 Å². The number of thiophene rings is 1. The summed E-state index contributed by atoms with van der Waals surface area (Å²) >= 11 is 0.277. The summed E-state index contributed by atoms with van der Waals surface area (Å²) in [5.41, 5.74) is 0. The molecule has 0 amide bonds. The first kappa shape index (κ1) is 10.7. The molecule has 1 aromatic heterocycles.